The van der Waals surface area contributed by atoms with Crippen molar-refractivity contribution >= 4 is 11.7 Å². The van der Waals surface area contributed by atoms with Crippen molar-refractivity contribution in [3.63, 3.8) is 0 Å². The second-order valence-electron chi connectivity index (χ2n) is 6.31. The van der Waals surface area contributed by atoms with Crippen LogP contribution in [-0.2, 0) is 12.7 Å². The summed E-state index contributed by atoms with van der Waals surface area (Å²) in [6.45, 7) is 3.60. The Kier molecular flexibility index (Phi) is 5.18. The number of benzene rings is 2. The van der Waals surface area contributed by atoms with Gasteiger partial charge in [-0.25, -0.2) is 4.79 Å². The Bertz CT molecular complexity index is 767. The summed E-state index contributed by atoms with van der Waals surface area (Å²) in [6, 6.07) is 12.1. The van der Waals surface area contributed by atoms with Crippen LogP contribution in [0.3, 0.4) is 0 Å². The Hall–Kier alpha value is -2.54. The number of hydrogen-bond acceptors (Lipinski definition) is 3. The number of piperazine rings is 1. The lowest BCUT2D eigenvalue weighted by Gasteiger charge is -2.36. The maximum atomic E-state index is 12.6. The fourth-order valence-electron chi connectivity index (χ4n) is 3.09. The minimum atomic E-state index is -4.32. The van der Waals surface area contributed by atoms with Gasteiger partial charge in [-0.15, -0.1) is 0 Å². The van der Waals surface area contributed by atoms with Crippen LogP contribution in [0.1, 0.15) is 21.5 Å². The molecule has 1 fully saturated rings. The maximum absolute atomic E-state index is 12.6. The van der Waals surface area contributed by atoms with E-state index in [1.807, 2.05) is 6.07 Å². The van der Waals surface area contributed by atoms with Gasteiger partial charge in [0, 0.05) is 38.4 Å². The molecule has 0 radical (unpaired) electrons. The third kappa shape index (κ3) is 4.35. The van der Waals surface area contributed by atoms with Crippen LogP contribution in [0.5, 0.6) is 0 Å². The van der Waals surface area contributed by atoms with Crippen LogP contribution in [0.4, 0.5) is 18.9 Å². The quantitative estimate of drug-likeness (QED) is 0.898. The van der Waals surface area contributed by atoms with E-state index in [1.165, 1.54) is 12.1 Å². The van der Waals surface area contributed by atoms with Crippen molar-refractivity contribution in [3.05, 3.63) is 65.2 Å². The summed E-state index contributed by atoms with van der Waals surface area (Å²) in [6.07, 6.45) is -4.32. The van der Waals surface area contributed by atoms with Crippen LogP contribution in [0, 0.1) is 0 Å². The third-order valence-electron chi connectivity index (χ3n) is 4.51. The summed E-state index contributed by atoms with van der Waals surface area (Å²) in [4.78, 5) is 15.3. The monoisotopic (exact) mass is 364 g/mol. The zero-order valence-electron chi connectivity index (χ0n) is 14.0. The number of alkyl halides is 3. The molecule has 1 N–H and O–H groups in total. The van der Waals surface area contributed by atoms with E-state index in [0.29, 0.717) is 19.6 Å². The van der Waals surface area contributed by atoms with Crippen LogP contribution < -0.4 is 4.90 Å². The number of carboxylic acid groups (broad SMARTS) is 1. The van der Waals surface area contributed by atoms with E-state index in [-0.39, 0.29) is 5.56 Å². The van der Waals surface area contributed by atoms with Gasteiger partial charge in [-0.05, 0) is 42.0 Å². The van der Waals surface area contributed by atoms with Crippen LogP contribution in [0.15, 0.2) is 48.5 Å². The van der Waals surface area contributed by atoms with Gasteiger partial charge in [-0.2, -0.15) is 13.2 Å². The highest BCUT2D eigenvalue weighted by molar-refractivity contribution is 5.87. The van der Waals surface area contributed by atoms with Gasteiger partial charge in [-0.1, -0.05) is 12.1 Å². The highest BCUT2D eigenvalue weighted by Crippen LogP contribution is 2.30. The third-order valence-corrected chi connectivity index (χ3v) is 4.51. The molecule has 0 atom stereocenters. The Labute approximate surface area is 149 Å². The molecular formula is C19H19F3N2O2. The molecule has 2 aromatic rings. The number of nitrogens with zero attached hydrogens (tertiary/aromatic N) is 2. The van der Waals surface area contributed by atoms with E-state index in [0.717, 1.165) is 36.5 Å². The molecule has 0 aromatic heterocycles. The summed E-state index contributed by atoms with van der Waals surface area (Å²) < 4.78 is 37.9. The van der Waals surface area contributed by atoms with Crippen LogP contribution in [0.2, 0.25) is 0 Å². The number of hydrogen-bond donors (Lipinski definition) is 1. The second kappa shape index (κ2) is 7.37. The first-order valence-electron chi connectivity index (χ1n) is 8.30. The summed E-state index contributed by atoms with van der Waals surface area (Å²) in [5.41, 5.74) is 1.35. The molecular weight excluding hydrogens is 345 g/mol. The van der Waals surface area contributed by atoms with E-state index in [4.69, 9.17) is 5.11 Å². The van der Waals surface area contributed by atoms with E-state index in [9.17, 15) is 18.0 Å². The molecule has 2 aromatic carbocycles. The predicted molar refractivity (Wildman–Crippen MR) is 92.3 cm³/mol. The van der Waals surface area contributed by atoms with Gasteiger partial charge in [0.25, 0.3) is 0 Å². The lowest BCUT2D eigenvalue weighted by Crippen LogP contribution is -2.46. The maximum Gasteiger partial charge on any atom is 0.416 e. The zero-order chi connectivity index (χ0) is 18.7. The van der Waals surface area contributed by atoms with Gasteiger partial charge in [0.2, 0.25) is 0 Å². The lowest BCUT2D eigenvalue weighted by atomic mass is 10.1. The normalized spacial score (nSPS) is 15.9. The first-order valence-corrected chi connectivity index (χ1v) is 8.30. The molecule has 0 amide bonds. The molecule has 1 aliphatic rings. The Morgan fingerprint density at radius 1 is 1.00 bits per heavy atom. The standard InChI is InChI=1S/C19H19F3N2O2/c20-19(21,22)16-4-6-17(7-5-16)24-10-8-23(9-11-24)13-14-2-1-3-15(12-14)18(25)26/h1-7,12H,8-11,13H2,(H,25,26). The predicted octanol–water partition coefficient (Wildman–Crippen LogP) is 3.73. The molecule has 1 aliphatic heterocycles. The van der Waals surface area contributed by atoms with Crippen molar-refractivity contribution in [1.29, 1.82) is 0 Å². The van der Waals surface area contributed by atoms with E-state index in [2.05, 4.69) is 9.80 Å². The Morgan fingerprint density at radius 2 is 1.65 bits per heavy atom. The van der Waals surface area contributed by atoms with Crippen LogP contribution >= 0.6 is 0 Å². The van der Waals surface area contributed by atoms with Gasteiger partial charge in [0.05, 0.1) is 11.1 Å². The number of rotatable bonds is 4. The number of carbonyl (C=O) groups is 1. The minimum absolute atomic E-state index is 0.269. The fourth-order valence-corrected chi connectivity index (χ4v) is 3.09. The molecule has 0 saturated carbocycles. The van der Waals surface area contributed by atoms with Crippen molar-refractivity contribution in [2.24, 2.45) is 0 Å². The average Bonchev–Trinajstić information content (AvgIpc) is 2.62. The van der Waals surface area contributed by atoms with Gasteiger partial charge >= 0.3 is 12.1 Å². The number of halogens is 3. The van der Waals surface area contributed by atoms with Crippen molar-refractivity contribution < 1.29 is 23.1 Å². The molecule has 0 spiro atoms. The van der Waals surface area contributed by atoms with E-state index in [1.54, 1.807) is 18.2 Å². The summed E-state index contributed by atoms with van der Waals surface area (Å²) in [5.74, 6) is -0.945. The Morgan fingerprint density at radius 3 is 2.23 bits per heavy atom. The zero-order valence-corrected chi connectivity index (χ0v) is 14.0. The van der Waals surface area contributed by atoms with Gasteiger partial charge in [0.1, 0.15) is 0 Å². The molecule has 138 valence electrons. The van der Waals surface area contributed by atoms with Gasteiger partial charge in [0.15, 0.2) is 0 Å². The lowest BCUT2D eigenvalue weighted by molar-refractivity contribution is -0.137. The highest BCUT2D eigenvalue weighted by Gasteiger charge is 2.30. The minimum Gasteiger partial charge on any atom is -0.478 e. The molecule has 7 heteroatoms. The molecule has 0 bridgehead atoms. The number of anilines is 1. The second-order valence-corrected chi connectivity index (χ2v) is 6.31. The molecule has 0 unspecified atom stereocenters. The number of carboxylic acids is 1. The number of aromatic carboxylic acids is 1. The molecule has 0 aliphatic carbocycles. The average molecular weight is 364 g/mol. The van der Waals surface area contributed by atoms with Gasteiger partial charge < -0.3 is 10.0 Å². The SMILES string of the molecule is O=C(O)c1cccc(CN2CCN(c3ccc(C(F)(F)F)cc3)CC2)c1. The van der Waals surface area contributed by atoms with Crippen molar-refractivity contribution in [2.45, 2.75) is 12.7 Å². The first-order chi connectivity index (χ1) is 12.3. The topological polar surface area (TPSA) is 43.8 Å². The highest BCUT2D eigenvalue weighted by atomic mass is 19.4. The molecule has 26 heavy (non-hydrogen) atoms. The Balaban J connectivity index is 1.57. The van der Waals surface area contributed by atoms with Gasteiger partial charge in [-0.3, -0.25) is 4.90 Å². The molecule has 3 rings (SSSR count). The van der Waals surface area contributed by atoms with Crippen LogP contribution in [-0.4, -0.2) is 42.2 Å². The summed E-state index contributed by atoms with van der Waals surface area (Å²) in [5, 5.41) is 9.06. The van der Waals surface area contributed by atoms with E-state index >= 15 is 0 Å². The molecule has 4 nitrogen and oxygen atoms in total. The largest absolute Gasteiger partial charge is 0.478 e. The fraction of sp³-hybridized carbons (Fsp3) is 0.316. The van der Waals surface area contributed by atoms with Crippen molar-refractivity contribution in [2.75, 3.05) is 31.1 Å². The summed E-state index contributed by atoms with van der Waals surface area (Å²) >= 11 is 0. The van der Waals surface area contributed by atoms with Crippen LogP contribution in [0.25, 0.3) is 0 Å². The van der Waals surface area contributed by atoms with Crippen molar-refractivity contribution in [3.8, 4) is 0 Å². The summed E-state index contributed by atoms with van der Waals surface area (Å²) in [7, 11) is 0. The molecule has 1 saturated heterocycles. The first kappa shape index (κ1) is 18.3. The molecule has 1 heterocycles. The smallest absolute Gasteiger partial charge is 0.416 e. The van der Waals surface area contributed by atoms with E-state index < -0.39 is 17.7 Å². The van der Waals surface area contributed by atoms with Crippen molar-refractivity contribution in [1.82, 2.24) is 4.90 Å².